The fourth-order valence-electron chi connectivity index (χ4n) is 2.13. The number of ether oxygens (including phenoxy) is 1. The van der Waals surface area contributed by atoms with Gasteiger partial charge in [-0.2, -0.15) is 15.3 Å². The van der Waals surface area contributed by atoms with Crippen molar-refractivity contribution in [3.63, 3.8) is 0 Å². The molecule has 0 unspecified atom stereocenters. The van der Waals surface area contributed by atoms with E-state index in [2.05, 4.69) is 20.4 Å². The number of methoxy groups -OCH3 is 1. The number of anilines is 1. The summed E-state index contributed by atoms with van der Waals surface area (Å²) in [4.78, 5) is 0. The summed E-state index contributed by atoms with van der Waals surface area (Å²) in [6.45, 7) is 0. The molecule has 3 aromatic rings. The van der Waals surface area contributed by atoms with Crippen molar-refractivity contribution in [2.75, 3.05) is 12.8 Å². The largest absolute Gasteiger partial charge is 0.496 e. The number of nitrogens with zero attached hydrogens (tertiary/aromatic N) is 3. The number of hydrogen-bond donors (Lipinski definition) is 2. The molecule has 0 aliphatic rings. The molecule has 100 valence electrons. The molecule has 0 bridgehead atoms. The second-order valence-corrected chi connectivity index (χ2v) is 4.19. The summed E-state index contributed by atoms with van der Waals surface area (Å²) >= 11 is 0. The van der Waals surface area contributed by atoms with Crippen LogP contribution in [0.3, 0.4) is 0 Å². The molecule has 3 N–H and O–H groups in total. The normalized spacial score (nSPS) is 10.4. The van der Waals surface area contributed by atoms with Crippen LogP contribution in [0.4, 0.5) is 5.82 Å². The Labute approximate surface area is 115 Å². The Balaban J connectivity index is 2.22. The van der Waals surface area contributed by atoms with E-state index in [9.17, 15) is 0 Å². The molecule has 0 saturated carbocycles. The predicted octanol–water partition coefficient (Wildman–Crippen LogP) is 2.12. The van der Waals surface area contributed by atoms with Gasteiger partial charge in [-0.25, -0.2) is 0 Å². The number of aromatic nitrogens is 4. The van der Waals surface area contributed by atoms with E-state index < -0.39 is 0 Å². The number of nitrogens with two attached hydrogens (primary N) is 1. The molecular weight excluding hydrogens is 254 g/mol. The van der Waals surface area contributed by atoms with Crippen LogP contribution < -0.4 is 10.5 Å². The van der Waals surface area contributed by atoms with E-state index in [1.54, 1.807) is 19.5 Å². The predicted molar refractivity (Wildman–Crippen MR) is 76.0 cm³/mol. The Bertz CT molecular complexity index is 723. The summed E-state index contributed by atoms with van der Waals surface area (Å²) in [7, 11) is 1.63. The standard InChI is InChI=1S/C14H13N5O/c1-20-11-5-3-2-4-10(11)12-13(18-19-14(12)15)9-6-7-16-17-8-9/h2-8H,1H3,(H3,15,18,19). The van der Waals surface area contributed by atoms with E-state index >= 15 is 0 Å². The third-order valence-electron chi connectivity index (χ3n) is 3.04. The van der Waals surface area contributed by atoms with Crippen LogP contribution in [-0.4, -0.2) is 27.5 Å². The third-order valence-corrected chi connectivity index (χ3v) is 3.04. The topological polar surface area (TPSA) is 89.7 Å². The molecule has 3 rings (SSSR count). The molecule has 0 spiro atoms. The van der Waals surface area contributed by atoms with Crippen molar-refractivity contribution in [2.45, 2.75) is 0 Å². The molecule has 6 nitrogen and oxygen atoms in total. The van der Waals surface area contributed by atoms with E-state index in [1.807, 2.05) is 30.3 Å². The van der Waals surface area contributed by atoms with E-state index in [0.29, 0.717) is 5.82 Å². The van der Waals surface area contributed by atoms with Crippen molar-refractivity contribution in [3.8, 4) is 28.1 Å². The van der Waals surface area contributed by atoms with Crippen molar-refractivity contribution in [3.05, 3.63) is 42.7 Å². The molecule has 2 heterocycles. The lowest BCUT2D eigenvalue weighted by Gasteiger charge is -2.09. The van der Waals surface area contributed by atoms with Gasteiger partial charge in [-0.15, -0.1) is 0 Å². The maximum atomic E-state index is 6.00. The maximum absolute atomic E-state index is 6.00. The fraction of sp³-hybridized carbons (Fsp3) is 0.0714. The van der Waals surface area contributed by atoms with Gasteiger partial charge >= 0.3 is 0 Å². The van der Waals surface area contributed by atoms with Crippen LogP contribution in [-0.2, 0) is 0 Å². The van der Waals surface area contributed by atoms with Gasteiger partial charge in [0, 0.05) is 11.1 Å². The number of H-pyrrole nitrogens is 1. The first-order valence-corrected chi connectivity index (χ1v) is 6.05. The Hall–Kier alpha value is -2.89. The number of aromatic amines is 1. The monoisotopic (exact) mass is 267 g/mol. The Morgan fingerprint density at radius 1 is 1.15 bits per heavy atom. The summed E-state index contributed by atoms with van der Waals surface area (Å²) in [5, 5.41) is 14.7. The van der Waals surface area contributed by atoms with Crippen molar-refractivity contribution in [1.82, 2.24) is 20.4 Å². The van der Waals surface area contributed by atoms with E-state index in [0.717, 1.165) is 28.1 Å². The number of nitrogen functional groups attached to an aromatic ring is 1. The van der Waals surface area contributed by atoms with E-state index in [4.69, 9.17) is 10.5 Å². The molecule has 6 heteroatoms. The number of hydrogen-bond acceptors (Lipinski definition) is 5. The van der Waals surface area contributed by atoms with Crippen molar-refractivity contribution < 1.29 is 4.74 Å². The van der Waals surface area contributed by atoms with Crippen LogP contribution in [0.5, 0.6) is 5.75 Å². The van der Waals surface area contributed by atoms with Crippen LogP contribution in [0, 0.1) is 0 Å². The summed E-state index contributed by atoms with van der Waals surface area (Å²) in [6, 6.07) is 9.51. The highest BCUT2D eigenvalue weighted by molar-refractivity contribution is 5.90. The van der Waals surface area contributed by atoms with Crippen LogP contribution in [0.1, 0.15) is 0 Å². The smallest absolute Gasteiger partial charge is 0.153 e. The number of benzene rings is 1. The van der Waals surface area contributed by atoms with Crippen LogP contribution in [0.25, 0.3) is 22.4 Å². The number of rotatable bonds is 3. The maximum Gasteiger partial charge on any atom is 0.153 e. The van der Waals surface area contributed by atoms with Gasteiger partial charge in [-0.1, -0.05) is 18.2 Å². The van der Waals surface area contributed by atoms with Gasteiger partial charge in [-0.3, -0.25) is 5.10 Å². The molecule has 0 radical (unpaired) electrons. The zero-order valence-electron chi connectivity index (χ0n) is 10.9. The van der Waals surface area contributed by atoms with Gasteiger partial charge in [-0.05, 0) is 12.1 Å². The van der Waals surface area contributed by atoms with Crippen molar-refractivity contribution in [2.24, 2.45) is 0 Å². The van der Waals surface area contributed by atoms with Gasteiger partial charge in [0.05, 0.1) is 30.8 Å². The molecule has 0 atom stereocenters. The van der Waals surface area contributed by atoms with Crippen LogP contribution in [0.2, 0.25) is 0 Å². The molecule has 2 aromatic heterocycles. The highest BCUT2D eigenvalue weighted by Crippen LogP contribution is 2.38. The first-order valence-electron chi connectivity index (χ1n) is 6.05. The minimum absolute atomic E-state index is 0.418. The van der Waals surface area contributed by atoms with Gasteiger partial charge in [0.2, 0.25) is 0 Å². The Morgan fingerprint density at radius 2 is 2.00 bits per heavy atom. The molecule has 1 aromatic carbocycles. The lowest BCUT2D eigenvalue weighted by atomic mass is 10.0. The average Bonchev–Trinajstić information content (AvgIpc) is 2.89. The summed E-state index contributed by atoms with van der Waals surface area (Å²) in [6.07, 6.45) is 3.28. The Kier molecular flexibility index (Phi) is 3.04. The minimum Gasteiger partial charge on any atom is -0.496 e. The van der Waals surface area contributed by atoms with Gasteiger partial charge < -0.3 is 10.5 Å². The summed E-state index contributed by atoms with van der Waals surface area (Å²) < 4.78 is 5.39. The molecule has 0 aliphatic carbocycles. The summed E-state index contributed by atoms with van der Waals surface area (Å²) in [5.41, 5.74) is 9.34. The fourth-order valence-corrected chi connectivity index (χ4v) is 2.13. The van der Waals surface area contributed by atoms with E-state index in [1.165, 1.54) is 0 Å². The molecule has 0 fully saturated rings. The third kappa shape index (κ3) is 1.97. The van der Waals surface area contributed by atoms with Crippen molar-refractivity contribution >= 4 is 5.82 Å². The Morgan fingerprint density at radius 3 is 2.75 bits per heavy atom. The first-order chi connectivity index (χ1) is 9.81. The van der Waals surface area contributed by atoms with Crippen LogP contribution >= 0.6 is 0 Å². The highest BCUT2D eigenvalue weighted by Gasteiger charge is 2.17. The van der Waals surface area contributed by atoms with Gasteiger partial charge in [0.1, 0.15) is 5.75 Å². The molecular formula is C14H13N5O. The van der Waals surface area contributed by atoms with Crippen molar-refractivity contribution in [1.29, 1.82) is 0 Å². The number of nitrogens with one attached hydrogen (secondary N) is 1. The SMILES string of the molecule is COc1ccccc1-c1c(N)n[nH]c1-c1ccnnc1. The van der Waals surface area contributed by atoms with Crippen LogP contribution in [0.15, 0.2) is 42.7 Å². The second-order valence-electron chi connectivity index (χ2n) is 4.19. The zero-order chi connectivity index (χ0) is 13.9. The first kappa shape index (κ1) is 12.2. The molecule has 20 heavy (non-hydrogen) atoms. The van der Waals surface area contributed by atoms with E-state index in [-0.39, 0.29) is 0 Å². The lowest BCUT2D eigenvalue weighted by molar-refractivity contribution is 0.416. The van der Waals surface area contributed by atoms with Gasteiger partial charge in [0.15, 0.2) is 5.82 Å². The number of para-hydroxylation sites is 1. The molecule has 0 aliphatic heterocycles. The highest BCUT2D eigenvalue weighted by atomic mass is 16.5. The minimum atomic E-state index is 0.418. The van der Waals surface area contributed by atoms with Gasteiger partial charge in [0.25, 0.3) is 0 Å². The second kappa shape index (κ2) is 5.00. The molecule has 0 saturated heterocycles. The quantitative estimate of drug-likeness (QED) is 0.758. The summed E-state index contributed by atoms with van der Waals surface area (Å²) in [5.74, 6) is 1.16. The average molecular weight is 267 g/mol. The molecule has 0 amide bonds. The zero-order valence-corrected chi connectivity index (χ0v) is 10.9. The lowest BCUT2D eigenvalue weighted by Crippen LogP contribution is -1.92.